The van der Waals surface area contributed by atoms with Gasteiger partial charge in [-0.1, -0.05) is 293 Å². The molecule has 0 aromatic heterocycles. The molecule has 0 fully saturated rings. The number of carbonyl (C=O) groups excluding carboxylic acids is 3. The normalized spacial score (nSPS) is 12.4. The zero-order chi connectivity index (χ0) is 53.6. The van der Waals surface area contributed by atoms with Gasteiger partial charge in [0.1, 0.15) is 13.2 Å². The molecule has 1 unspecified atom stereocenters. The van der Waals surface area contributed by atoms with E-state index in [-0.39, 0.29) is 31.1 Å². The van der Waals surface area contributed by atoms with Crippen molar-refractivity contribution in [3.05, 3.63) is 60.8 Å². The molecule has 0 bridgehead atoms. The minimum absolute atomic E-state index is 0.0841. The number of carbonyl (C=O) groups is 3. The van der Waals surface area contributed by atoms with Gasteiger partial charge in [-0.2, -0.15) is 0 Å². The Kier molecular flexibility index (Phi) is 60.2. The van der Waals surface area contributed by atoms with E-state index < -0.39 is 6.10 Å². The van der Waals surface area contributed by atoms with Crippen LogP contribution in [0.5, 0.6) is 0 Å². The second kappa shape index (κ2) is 62.6. The topological polar surface area (TPSA) is 78.9 Å². The molecule has 1 atom stereocenters. The summed E-state index contributed by atoms with van der Waals surface area (Å²) in [5.41, 5.74) is 0. The van der Waals surface area contributed by atoms with Gasteiger partial charge in [0.05, 0.1) is 0 Å². The zero-order valence-electron chi connectivity index (χ0n) is 49.4. The summed E-state index contributed by atoms with van der Waals surface area (Å²) in [4.78, 5) is 38.3. The van der Waals surface area contributed by atoms with E-state index in [1.165, 1.54) is 199 Å². The van der Waals surface area contributed by atoms with Crippen molar-refractivity contribution in [1.29, 1.82) is 0 Å². The molecule has 0 aromatic rings. The van der Waals surface area contributed by atoms with E-state index in [2.05, 4.69) is 81.5 Å². The third-order valence-electron chi connectivity index (χ3n) is 14.3. The van der Waals surface area contributed by atoms with Crippen molar-refractivity contribution in [3.8, 4) is 0 Å². The number of rotatable bonds is 59. The average Bonchev–Trinajstić information content (AvgIpc) is 3.40. The minimum atomic E-state index is -0.790. The van der Waals surface area contributed by atoms with Gasteiger partial charge in [0, 0.05) is 19.3 Å². The lowest BCUT2D eigenvalue weighted by Crippen LogP contribution is -2.30. The Morgan fingerprint density at radius 1 is 0.284 bits per heavy atom. The largest absolute Gasteiger partial charge is 0.462 e. The first-order valence-electron chi connectivity index (χ1n) is 32.3. The monoisotopic (exact) mass is 1030 g/mol. The van der Waals surface area contributed by atoms with Gasteiger partial charge >= 0.3 is 17.9 Å². The van der Waals surface area contributed by atoms with E-state index in [1.54, 1.807) is 0 Å². The molecular weight excluding hydrogens is 913 g/mol. The quantitative estimate of drug-likeness (QED) is 0.0261. The highest BCUT2D eigenvalue weighted by Crippen LogP contribution is 2.17. The number of hydrogen-bond acceptors (Lipinski definition) is 6. The van der Waals surface area contributed by atoms with Crippen molar-refractivity contribution < 1.29 is 28.6 Å². The van der Waals surface area contributed by atoms with Crippen LogP contribution in [0.15, 0.2) is 60.8 Å². The van der Waals surface area contributed by atoms with Crippen LogP contribution in [-0.2, 0) is 28.6 Å². The van der Waals surface area contributed by atoms with Crippen LogP contribution >= 0.6 is 0 Å². The second-order valence-corrected chi connectivity index (χ2v) is 21.6. The maximum absolute atomic E-state index is 12.9. The predicted octanol–water partition coefficient (Wildman–Crippen LogP) is 21.9. The first-order chi connectivity index (χ1) is 36.5. The third-order valence-corrected chi connectivity index (χ3v) is 14.3. The van der Waals surface area contributed by atoms with Crippen LogP contribution in [0.25, 0.3) is 0 Å². The van der Waals surface area contributed by atoms with E-state index in [1.807, 2.05) is 0 Å². The molecule has 0 saturated carbocycles. The van der Waals surface area contributed by atoms with Crippen molar-refractivity contribution in [2.45, 2.75) is 341 Å². The van der Waals surface area contributed by atoms with Crippen molar-refractivity contribution >= 4 is 17.9 Å². The van der Waals surface area contributed by atoms with Crippen LogP contribution in [0, 0.1) is 0 Å². The van der Waals surface area contributed by atoms with Crippen molar-refractivity contribution in [1.82, 2.24) is 0 Å². The smallest absolute Gasteiger partial charge is 0.306 e. The predicted molar refractivity (Wildman–Crippen MR) is 321 cm³/mol. The molecule has 0 rings (SSSR count). The van der Waals surface area contributed by atoms with Gasteiger partial charge in [-0.05, 0) is 83.5 Å². The Labute approximate surface area is 460 Å². The summed E-state index contributed by atoms with van der Waals surface area (Å²) in [6, 6.07) is 0. The van der Waals surface area contributed by atoms with Gasteiger partial charge < -0.3 is 14.2 Å². The first kappa shape index (κ1) is 71.1. The van der Waals surface area contributed by atoms with Crippen LogP contribution in [-0.4, -0.2) is 37.2 Å². The molecule has 0 aliphatic rings. The number of allylic oxidation sites excluding steroid dienone is 10. The van der Waals surface area contributed by atoms with Crippen LogP contribution in [0.4, 0.5) is 0 Å². The molecule has 0 N–H and O–H groups in total. The Bertz CT molecular complexity index is 1330. The van der Waals surface area contributed by atoms with Gasteiger partial charge in [0.15, 0.2) is 6.10 Å². The Morgan fingerprint density at radius 2 is 0.527 bits per heavy atom. The molecule has 74 heavy (non-hydrogen) atoms. The molecule has 0 amide bonds. The summed E-state index contributed by atoms with van der Waals surface area (Å²) in [5, 5.41) is 0. The number of hydrogen-bond donors (Lipinski definition) is 0. The number of unbranched alkanes of at least 4 members (excludes halogenated alkanes) is 38. The molecule has 0 heterocycles. The van der Waals surface area contributed by atoms with E-state index in [0.29, 0.717) is 19.3 Å². The maximum Gasteiger partial charge on any atom is 0.306 e. The molecule has 6 nitrogen and oxygen atoms in total. The fourth-order valence-corrected chi connectivity index (χ4v) is 9.43. The molecule has 0 aliphatic heterocycles. The Morgan fingerprint density at radius 3 is 0.851 bits per heavy atom. The van der Waals surface area contributed by atoms with Crippen LogP contribution in [0.3, 0.4) is 0 Å². The summed E-state index contributed by atoms with van der Waals surface area (Å²) in [6.45, 7) is 6.52. The highest BCUT2D eigenvalue weighted by Gasteiger charge is 2.19. The summed E-state index contributed by atoms with van der Waals surface area (Å²) >= 11 is 0. The molecule has 0 radical (unpaired) electrons. The van der Waals surface area contributed by atoms with Crippen molar-refractivity contribution in [2.75, 3.05) is 13.2 Å². The molecule has 0 spiro atoms. The Balaban J connectivity index is 4.27. The van der Waals surface area contributed by atoms with E-state index in [0.717, 1.165) is 96.3 Å². The van der Waals surface area contributed by atoms with E-state index >= 15 is 0 Å². The summed E-state index contributed by atoms with van der Waals surface area (Å²) in [5.74, 6) is -0.906. The van der Waals surface area contributed by atoms with Crippen molar-refractivity contribution in [2.24, 2.45) is 0 Å². The summed E-state index contributed by atoms with van der Waals surface area (Å²) in [6.07, 6.45) is 79.6. The lowest BCUT2D eigenvalue weighted by atomic mass is 10.0. The maximum atomic E-state index is 12.9. The van der Waals surface area contributed by atoms with Gasteiger partial charge in [0.25, 0.3) is 0 Å². The first-order valence-corrected chi connectivity index (χ1v) is 32.3. The summed E-state index contributed by atoms with van der Waals surface area (Å²) in [7, 11) is 0. The second-order valence-electron chi connectivity index (χ2n) is 21.6. The van der Waals surface area contributed by atoms with E-state index in [4.69, 9.17) is 14.2 Å². The van der Waals surface area contributed by atoms with Crippen LogP contribution in [0.1, 0.15) is 335 Å². The minimum Gasteiger partial charge on any atom is -0.462 e. The van der Waals surface area contributed by atoms with Crippen molar-refractivity contribution in [3.63, 3.8) is 0 Å². The molecular formula is C68H122O6. The average molecular weight is 1040 g/mol. The zero-order valence-corrected chi connectivity index (χ0v) is 49.4. The highest BCUT2D eigenvalue weighted by molar-refractivity contribution is 5.71. The molecule has 0 aromatic carbocycles. The third kappa shape index (κ3) is 60.0. The molecule has 0 aliphatic carbocycles. The highest BCUT2D eigenvalue weighted by atomic mass is 16.6. The Hall–Kier alpha value is -2.89. The lowest BCUT2D eigenvalue weighted by molar-refractivity contribution is -0.167. The fraction of sp³-hybridized carbons (Fsp3) is 0.809. The van der Waals surface area contributed by atoms with Crippen LogP contribution in [0.2, 0.25) is 0 Å². The standard InChI is InChI=1S/C68H122O6/c1-4-7-10-13-16-19-22-25-27-29-31-32-33-34-35-36-37-39-40-43-46-49-52-55-58-61-67(70)73-64-65(63-72-66(69)60-57-54-51-48-45-42-24-21-18-15-12-9-6-3)74-68(71)62-59-56-53-50-47-44-41-38-30-28-26-23-20-17-14-11-8-5-2/h9,12,18,20-21,23,28,30,42,45,65H,4-8,10-11,13-17,19,22,24-27,29,31-41,43-44,46-64H2,1-3H3/b12-9-,21-18-,23-20-,30-28-,45-42-. The number of ether oxygens (including phenoxy) is 3. The van der Waals surface area contributed by atoms with E-state index in [9.17, 15) is 14.4 Å². The van der Waals surface area contributed by atoms with Gasteiger partial charge in [-0.15, -0.1) is 0 Å². The van der Waals surface area contributed by atoms with Gasteiger partial charge in [0.2, 0.25) is 0 Å². The summed E-state index contributed by atoms with van der Waals surface area (Å²) < 4.78 is 16.9. The SMILES string of the molecule is CC/C=C\C/C=C\C/C=C\CCCCCC(=O)OCC(COC(=O)CCCCCCCCCCCCCCCCCCCCCCCCCCC)OC(=O)CCCCCCCCC/C=C\C/C=C\CCCCCC. The van der Waals surface area contributed by atoms with Gasteiger partial charge in [-0.25, -0.2) is 0 Å². The van der Waals surface area contributed by atoms with Gasteiger partial charge in [-0.3, -0.25) is 14.4 Å². The number of esters is 3. The lowest BCUT2D eigenvalue weighted by Gasteiger charge is -2.18. The molecule has 430 valence electrons. The fourth-order valence-electron chi connectivity index (χ4n) is 9.43. The molecule has 0 saturated heterocycles. The van der Waals surface area contributed by atoms with Crippen LogP contribution < -0.4 is 0 Å². The molecule has 6 heteroatoms.